The number of imidazole rings is 1. The number of amides is 1. The molecule has 0 radical (unpaired) electrons. The molecule has 4 aromatic rings. The van der Waals surface area contributed by atoms with Crippen LogP contribution in [0.3, 0.4) is 0 Å². The highest BCUT2D eigenvalue weighted by atomic mass is 19.4. The maximum atomic E-state index is 15.2. The highest BCUT2D eigenvalue weighted by Crippen LogP contribution is 2.31. The number of ether oxygens (including phenoxy) is 1. The molecule has 1 amide bonds. The monoisotopic (exact) mass is 505 g/mol. The third-order valence-corrected chi connectivity index (χ3v) is 6.31. The van der Waals surface area contributed by atoms with E-state index in [1.54, 1.807) is 4.40 Å². The second-order valence-electron chi connectivity index (χ2n) is 8.55. The topological polar surface area (TPSA) is 85.8 Å². The van der Waals surface area contributed by atoms with Crippen molar-refractivity contribution in [1.29, 1.82) is 0 Å². The number of aromatic nitrogens is 3. The molecule has 0 spiro atoms. The summed E-state index contributed by atoms with van der Waals surface area (Å²) in [4.78, 5) is 23.1. The molecule has 12 heteroatoms. The second kappa shape index (κ2) is 9.01. The van der Waals surface area contributed by atoms with E-state index in [-0.39, 0.29) is 29.0 Å². The lowest BCUT2D eigenvalue weighted by Gasteiger charge is -2.34. The van der Waals surface area contributed by atoms with E-state index in [1.165, 1.54) is 23.5 Å². The minimum absolute atomic E-state index is 0.115. The lowest BCUT2D eigenvalue weighted by Crippen LogP contribution is -2.43. The summed E-state index contributed by atoms with van der Waals surface area (Å²) in [5, 5.41) is 0. The zero-order valence-electron chi connectivity index (χ0n) is 18.7. The van der Waals surface area contributed by atoms with E-state index in [0.717, 1.165) is 18.2 Å². The zero-order chi connectivity index (χ0) is 25.6. The number of carbonyl (C=O) groups excluding carboxylic acids is 1. The highest BCUT2D eigenvalue weighted by Gasteiger charge is 2.33. The fourth-order valence-corrected chi connectivity index (χ4v) is 4.41. The van der Waals surface area contributed by atoms with Crippen LogP contribution in [-0.4, -0.2) is 44.4 Å². The van der Waals surface area contributed by atoms with Gasteiger partial charge >= 0.3 is 6.18 Å². The van der Waals surface area contributed by atoms with Crippen LogP contribution in [0.5, 0.6) is 0 Å². The van der Waals surface area contributed by atoms with Crippen LogP contribution >= 0.6 is 0 Å². The average molecular weight is 505 g/mol. The molecule has 36 heavy (non-hydrogen) atoms. The van der Waals surface area contributed by atoms with Gasteiger partial charge in [0.1, 0.15) is 23.0 Å². The number of carbonyl (C=O) groups is 1. The van der Waals surface area contributed by atoms with Crippen molar-refractivity contribution >= 4 is 28.3 Å². The van der Waals surface area contributed by atoms with Crippen molar-refractivity contribution in [2.24, 2.45) is 0 Å². The summed E-state index contributed by atoms with van der Waals surface area (Å²) in [6.45, 7) is 0.331. The fraction of sp³-hybridized carbons (Fsp3) is 0.292. The van der Waals surface area contributed by atoms with E-state index in [2.05, 4.69) is 9.97 Å². The third-order valence-electron chi connectivity index (χ3n) is 6.31. The van der Waals surface area contributed by atoms with E-state index >= 15 is 4.39 Å². The van der Waals surface area contributed by atoms with Gasteiger partial charge in [-0.1, -0.05) is 6.07 Å². The lowest BCUT2D eigenvalue weighted by atomic mass is 10.0. The lowest BCUT2D eigenvalue weighted by molar-refractivity contribution is -0.137. The quantitative estimate of drug-likeness (QED) is 0.411. The van der Waals surface area contributed by atoms with Crippen molar-refractivity contribution in [3.05, 3.63) is 71.2 Å². The van der Waals surface area contributed by atoms with Gasteiger partial charge in [0.2, 0.25) is 0 Å². The van der Waals surface area contributed by atoms with Gasteiger partial charge in [-0.25, -0.2) is 18.7 Å². The molecule has 3 heterocycles. The number of anilines is 1. The molecule has 1 aliphatic rings. The fourth-order valence-electron chi connectivity index (χ4n) is 4.41. The van der Waals surface area contributed by atoms with Gasteiger partial charge in [0.15, 0.2) is 0 Å². The largest absolute Gasteiger partial charge is 0.416 e. The normalized spacial score (nSPS) is 15.0. The number of fused-ring (bicyclic) bond motifs is 3. The molecule has 0 atom stereocenters. The second-order valence-corrected chi connectivity index (χ2v) is 8.55. The Labute approximate surface area is 201 Å². The average Bonchev–Trinajstić information content (AvgIpc) is 3.33. The van der Waals surface area contributed by atoms with Crippen molar-refractivity contribution in [2.45, 2.75) is 31.6 Å². The number of hydrogen-bond acceptors (Lipinski definition) is 5. The summed E-state index contributed by atoms with van der Waals surface area (Å²) in [5.74, 6) is -2.55. The van der Waals surface area contributed by atoms with Crippen LogP contribution in [0.1, 0.15) is 34.3 Å². The first-order chi connectivity index (χ1) is 17.1. The Kier molecular flexibility index (Phi) is 5.99. The van der Waals surface area contributed by atoms with E-state index in [9.17, 15) is 22.4 Å². The molecule has 1 fully saturated rings. The number of nitrogens with two attached hydrogens (primary N) is 1. The standard InChI is InChI=1S/C24H20F5N5O2/c25-17-7-14(24(27,28)29)2-1-13(17)11-33(15-3-5-36-6-4-15)23(35)16-8-20-19(9-18(16)26)32-22(30)21-10-31-12-34(20)21/h1-2,7-10,12,15H,3-6,11H2,(H2,30,32). The summed E-state index contributed by atoms with van der Waals surface area (Å²) in [6, 6.07) is 4.12. The summed E-state index contributed by atoms with van der Waals surface area (Å²) in [5.41, 5.74) is 5.43. The molecule has 2 aromatic heterocycles. The van der Waals surface area contributed by atoms with Gasteiger partial charge in [-0.3, -0.25) is 9.20 Å². The first kappa shape index (κ1) is 23.9. The molecule has 0 saturated carbocycles. The van der Waals surface area contributed by atoms with Crippen LogP contribution in [0.15, 0.2) is 42.9 Å². The van der Waals surface area contributed by atoms with E-state index in [4.69, 9.17) is 10.5 Å². The van der Waals surface area contributed by atoms with Gasteiger partial charge in [-0.05, 0) is 31.0 Å². The van der Waals surface area contributed by atoms with Gasteiger partial charge in [0.25, 0.3) is 5.91 Å². The van der Waals surface area contributed by atoms with E-state index in [1.807, 2.05) is 0 Å². The molecule has 0 unspecified atom stereocenters. The Morgan fingerprint density at radius 3 is 2.56 bits per heavy atom. The van der Waals surface area contributed by atoms with Gasteiger partial charge in [0, 0.05) is 37.4 Å². The molecular formula is C24H20F5N5O2. The minimum Gasteiger partial charge on any atom is -0.382 e. The molecule has 2 aromatic carbocycles. The van der Waals surface area contributed by atoms with Gasteiger partial charge in [0.05, 0.1) is 34.7 Å². The van der Waals surface area contributed by atoms with Gasteiger partial charge in [-0.15, -0.1) is 0 Å². The number of benzene rings is 2. The van der Waals surface area contributed by atoms with Crippen molar-refractivity contribution in [3.8, 4) is 0 Å². The number of halogens is 5. The first-order valence-electron chi connectivity index (χ1n) is 11.1. The maximum Gasteiger partial charge on any atom is 0.416 e. The van der Waals surface area contributed by atoms with Crippen molar-refractivity contribution in [2.75, 3.05) is 18.9 Å². The molecule has 1 aliphatic heterocycles. The summed E-state index contributed by atoms with van der Waals surface area (Å²) in [6.07, 6.45) is -0.954. The Morgan fingerprint density at radius 1 is 1.11 bits per heavy atom. The number of nitrogens with zero attached hydrogens (tertiary/aromatic N) is 4. The molecule has 188 valence electrons. The molecule has 0 aliphatic carbocycles. The summed E-state index contributed by atoms with van der Waals surface area (Å²) < 4.78 is 75.7. The zero-order valence-corrected chi connectivity index (χ0v) is 18.7. The molecule has 0 bridgehead atoms. The Bertz CT molecular complexity index is 1460. The third kappa shape index (κ3) is 4.32. The summed E-state index contributed by atoms with van der Waals surface area (Å²) in [7, 11) is 0. The Balaban J connectivity index is 1.56. The van der Waals surface area contributed by atoms with E-state index in [0.29, 0.717) is 43.2 Å². The van der Waals surface area contributed by atoms with Crippen LogP contribution < -0.4 is 5.73 Å². The van der Waals surface area contributed by atoms with Crippen molar-refractivity contribution < 1.29 is 31.5 Å². The highest BCUT2D eigenvalue weighted by molar-refractivity contribution is 5.98. The van der Waals surface area contributed by atoms with Crippen molar-refractivity contribution in [1.82, 2.24) is 19.3 Å². The minimum atomic E-state index is -4.71. The predicted octanol–water partition coefficient (Wildman–Crippen LogP) is 4.58. The van der Waals surface area contributed by atoms with Gasteiger partial charge in [-0.2, -0.15) is 13.2 Å². The molecular weight excluding hydrogens is 485 g/mol. The molecule has 5 rings (SSSR count). The summed E-state index contributed by atoms with van der Waals surface area (Å²) >= 11 is 0. The van der Waals surface area contributed by atoms with Crippen LogP contribution in [-0.2, 0) is 17.5 Å². The number of rotatable bonds is 4. The maximum absolute atomic E-state index is 15.2. The smallest absolute Gasteiger partial charge is 0.382 e. The van der Waals surface area contributed by atoms with Crippen LogP contribution in [0, 0.1) is 11.6 Å². The Morgan fingerprint density at radius 2 is 1.86 bits per heavy atom. The van der Waals surface area contributed by atoms with Gasteiger partial charge < -0.3 is 15.4 Å². The molecule has 2 N–H and O–H groups in total. The van der Waals surface area contributed by atoms with Crippen LogP contribution in [0.4, 0.5) is 27.8 Å². The van der Waals surface area contributed by atoms with Crippen molar-refractivity contribution in [3.63, 3.8) is 0 Å². The number of alkyl halides is 3. The number of hydrogen-bond donors (Lipinski definition) is 1. The molecule has 1 saturated heterocycles. The first-order valence-corrected chi connectivity index (χ1v) is 11.1. The predicted molar refractivity (Wildman–Crippen MR) is 120 cm³/mol. The van der Waals surface area contributed by atoms with Crippen LogP contribution in [0.2, 0.25) is 0 Å². The SMILES string of the molecule is Nc1nc2cc(F)c(C(=O)N(Cc3ccc(C(F)(F)F)cc3F)C3CCOCC3)cc2n2cncc12. The number of nitrogen functional groups attached to an aromatic ring is 1. The Hall–Kier alpha value is -3.80. The molecule has 7 nitrogen and oxygen atoms in total. The van der Waals surface area contributed by atoms with Crippen LogP contribution in [0.25, 0.3) is 16.6 Å². The van der Waals surface area contributed by atoms with E-state index < -0.39 is 35.3 Å².